The maximum absolute atomic E-state index is 13.1. The number of fused-ring (bicyclic) bond motifs is 1. The van der Waals surface area contributed by atoms with E-state index in [2.05, 4.69) is 20.5 Å². The largest absolute Gasteiger partial charge is 0.326 e. The van der Waals surface area contributed by atoms with Crippen molar-refractivity contribution >= 4 is 57.3 Å². The van der Waals surface area contributed by atoms with Gasteiger partial charge in [0.15, 0.2) is 0 Å². The van der Waals surface area contributed by atoms with E-state index in [1.54, 1.807) is 24.3 Å². The predicted molar refractivity (Wildman–Crippen MR) is 164 cm³/mol. The lowest BCUT2D eigenvalue weighted by Crippen LogP contribution is -2.16. The smallest absolute Gasteiger partial charge is 0.255 e. The van der Waals surface area contributed by atoms with Gasteiger partial charge in [0.2, 0.25) is 5.95 Å². The van der Waals surface area contributed by atoms with Crippen molar-refractivity contribution in [3.8, 4) is 11.3 Å². The van der Waals surface area contributed by atoms with E-state index in [0.29, 0.717) is 33.8 Å². The van der Waals surface area contributed by atoms with Gasteiger partial charge in [-0.25, -0.2) is 9.97 Å². The number of carbonyl (C=O) groups is 1. The number of amides is 1. The Bertz CT molecular complexity index is 1690. The molecule has 4 N–H and O–H groups in total. The molecule has 1 amide bonds. The van der Waals surface area contributed by atoms with Crippen molar-refractivity contribution in [2.75, 3.05) is 24.7 Å². The molecule has 40 heavy (non-hydrogen) atoms. The van der Waals surface area contributed by atoms with Gasteiger partial charge >= 0.3 is 0 Å². The Morgan fingerprint density at radius 2 is 1.68 bits per heavy atom. The Labute approximate surface area is 243 Å². The zero-order valence-corrected chi connectivity index (χ0v) is 23.6. The minimum absolute atomic E-state index is 0.216. The molecule has 4 aromatic carbocycles. The van der Waals surface area contributed by atoms with E-state index in [1.807, 2.05) is 74.8 Å². The van der Waals surface area contributed by atoms with Gasteiger partial charge < -0.3 is 21.3 Å². The Morgan fingerprint density at radius 3 is 2.40 bits per heavy atom. The van der Waals surface area contributed by atoms with Gasteiger partial charge in [0.25, 0.3) is 5.91 Å². The SMILES string of the molecule is CN(C)Cc1ccc(CN)c(NC(=O)c2ccc(Nc3nc(-c4ccc(Cl)c(Cl)c4)c4ccccc4n3)cc2)c1. The second kappa shape index (κ2) is 12.0. The molecule has 0 saturated heterocycles. The molecule has 9 heteroatoms. The molecule has 0 spiro atoms. The molecular weight excluding hydrogens is 543 g/mol. The van der Waals surface area contributed by atoms with Crippen LogP contribution in [0.2, 0.25) is 10.0 Å². The number of halogens is 2. The van der Waals surface area contributed by atoms with E-state index in [0.717, 1.165) is 45.5 Å². The standard InChI is InChI=1S/C31H28Cl2N6O/c1-39(2)18-19-7-8-22(17-34)28(15-19)36-30(40)20-9-12-23(13-10-20)35-31-37-27-6-4-3-5-24(27)29(38-31)21-11-14-25(32)26(33)16-21/h3-16H,17-18,34H2,1-2H3,(H,36,40)(H,35,37,38). The third-order valence-corrected chi connectivity index (χ3v) is 7.08. The molecular formula is C31H28Cl2N6O. The second-order valence-electron chi connectivity index (χ2n) is 9.63. The Kier molecular flexibility index (Phi) is 8.28. The fraction of sp³-hybridized carbons (Fsp3) is 0.129. The van der Waals surface area contributed by atoms with E-state index in [4.69, 9.17) is 33.9 Å². The molecule has 0 aliphatic heterocycles. The van der Waals surface area contributed by atoms with Gasteiger partial charge in [-0.15, -0.1) is 0 Å². The lowest BCUT2D eigenvalue weighted by molar-refractivity contribution is 0.102. The van der Waals surface area contributed by atoms with Crippen LogP contribution in [0.15, 0.2) is 84.9 Å². The molecule has 0 saturated carbocycles. The van der Waals surface area contributed by atoms with E-state index in [1.165, 1.54) is 0 Å². The fourth-order valence-corrected chi connectivity index (χ4v) is 4.70. The van der Waals surface area contributed by atoms with Gasteiger partial charge in [0, 0.05) is 41.0 Å². The number of benzene rings is 4. The molecule has 0 radical (unpaired) electrons. The molecule has 0 bridgehead atoms. The predicted octanol–water partition coefficient (Wildman–Crippen LogP) is 7.12. The van der Waals surface area contributed by atoms with Crippen LogP contribution < -0.4 is 16.4 Å². The lowest BCUT2D eigenvalue weighted by atomic mass is 10.1. The first-order chi connectivity index (χ1) is 19.3. The quantitative estimate of drug-likeness (QED) is 0.184. The van der Waals surface area contributed by atoms with E-state index in [9.17, 15) is 4.79 Å². The summed E-state index contributed by atoms with van der Waals surface area (Å²) in [6, 6.07) is 26.3. The molecule has 202 valence electrons. The number of nitrogens with one attached hydrogen (secondary N) is 2. The summed E-state index contributed by atoms with van der Waals surface area (Å²) in [4.78, 5) is 24.6. The van der Waals surface area contributed by atoms with Gasteiger partial charge in [-0.05, 0) is 73.8 Å². The molecule has 0 unspecified atom stereocenters. The van der Waals surface area contributed by atoms with Crippen LogP contribution in [0.1, 0.15) is 21.5 Å². The monoisotopic (exact) mass is 570 g/mol. The van der Waals surface area contributed by atoms with Crippen LogP contribution in [0, 0.1) is 0 Å². The van der Waals surface area contributed by atoms with E-state index < -0.39 is 0 Å². The molecule has 1 heterocycles. The number of aromatic nitrogens is 2. The topological polar surface area (TPSA) is 96.2 Å². The Balaban J connectivity index is 1.38. The normalized spacial score (nSPS) is 11.2. The zero-order valence-electron chi connectivity index (χ0n) is 22.1. The summed E-state index contributed by atoms with van der Waals surface area (Å²) >= 11 is 12.4. The van der Waals surface area contributed by atoms with Crippen LogP contribution in [0.25, 0.3) is 22.2 Å². The summed E-state index contributed by atoms with van der Waals surface area (Å²) in [6.07, 6.45) is 0. The summed E-state index contributed by atoms with van der Waals surface area (Å²) in [6.45, 7) is 1.09. The number of carbonyl (C=O) groups excluding carboxylic acids is 1. The molecule has 0 aliphatic carbocycles. The maximum Gasteiger partial charge on any atom is 0.255 e. The Morgan fingerprint density at radius 1 is 0.900 bits per heavy atom. The van der Waals surface area contributed by atoms with Gasteiger partial charge in [-0.2, -0.15) is 0 Å². The molecule has 7 nitrogen and oxygen atoms in total. The first-order valence-electron chi connectivity index (χ1n) is 12.7. The average Bonchev–Trinajstić information content (AvgIpc) is 2.94. The van der Waals surface area contributed by atoms with Crippen molar-refractivity contribution in [1.29, 1.82) is 0 Å². The lowest BCUT2D eigenvalue weighted by Gasteiger charge is -2.15. The number of anilines is 3. The highest BCUT2D eigenvalue weighted by molar-refractivity contribution is 6.42. The van der Waals surface area contributed by atoms with Crippen LogP contribution in [0.4, 0.5) is 17.3 Å². The first kappa shape index (κ1) is 27.6. The number of hydrogen-bond acceptors (Lipinski definition) is 6. The minimum atomic E-state index is -0.216. The molecule has 5 aromatic rings. The van der Waals surface area contributed by atoms with Crippen molar-refractivity contribution in [2.24, 2.45) is 5.73 Å². The van der Waals surface area contributed by atoms with Gasteiger partial charge in [-0.1, -0.05) is 59.6 Å². The van der Waals surface area contributed by atoms with Crippen molar-refractivity contribution in [2.45, 2.75) is 13.1 Å². The van der Waals surface area contributed by atoms with Crippen LogP contribution in [-0.4, -0.2) is 34.9 Å². The fourth-order valence-electron chi connectivity index (χ4n) is 4.41. The minimum Gasteiger partial charge on any atom is -0.326 e. The third-order valence-electron chi connectivity index (χ3n) is 6.34. The number of hydrogen-bond donors (Lipinski definition) is 3. The zero-order chi connectivity index (χ0) is 28.2. The highest BCUT2D eigenvalue weighted by Gasteiger charge is 2.13. The Hall–Kier alpha value is -4.01. The van der Waals surface area contributed by atoms with Crippen molar-refractivity contribution in [1.82, 2.24) is 14.9 Å². The van der Waals surface area contributed by atoms with Gasteiger partial charge in [0.1, 0.15) is 0 Å². The summed E-state index contributed by atoms with van der Waals surface area (Å²) < 4.78 is 0. The molecule has 0 atom stereocenters. The second-order valence-corrected chi connectivity index (χ2v) is 10.4. The van der Waals surface area contributed by atoms with Gasteiger partial charge in [-0.3, -0.25) is 4.79 Å². The van der Waals surface area contributed by atoms with Crippen molar-refractivity contribution in [3.63, 3.8) is 0 Å². The van der Waals surface area contributed by atoms with E-state index in [-0.39, 0.29) is 5.91 Å². The summed E-state index contributed by atoms with van der Waals surface area (Å²) in [7, 11) is 4.00. The molecule has 0 fully saturated rings. The number of rotatable bonds is 8. The molecule has 0 aliphatic rings. The van der Waals surface area contributed by atoms with Crippen molar-refractivity contribution in [3.05, 3.63) is 112 Å². The van der Waals surface area contributed by atoms with Crippen molar-refractivity contribution < 1.29 is 4.79 Å². The highest BCUT2D eigenvalue weighted by atomic mass is 35.5. The number of para-hydroxylation sites is 1. The summed E-state index contributed by atoms with van der Waals surface area (Å²) in [5.74, 6) is 0.203. The first-order valence-corrected chi connectivity index (χ1v) is 13.4. The average molecular weight is 572 g/mol. The maximum atomic E-state index is 13.1. The third kappa shape index (κ3) is 6.24. The highest BCUT2D eigenvalue weighted by Crippen LogP contribution is 2.32. The molecule has 1 aromatic heterocycles. The summed E-state index contributed by atoms with van der Waals surface area (Å²) in [5.41, 5.74) is 12.2. The van der Waals surface area contributed by atoms with Crippen LogP contribution >= 0.6 is 23.2 Å². The number of nitrogens with zero attached hydrogens (tertiary/aromatic N) is 3. The van der Waals surface area contributed by atoms with Gasteiger partial charge in [0.05, 0.1) is 21.3 Å². The number of nitrogens with two attached hydrogens (primary N) is 1. The van der Waals surface area contributed by atoms with Crippen LogP contribution in [0.3, 0.4) is 0 Å². The van der Waals surface area contributed by atoms with E-state index >= 15 is 0 Å². The van der Waals surface area contributed by atoms with Crippen LogP contribution in [0.5, 0.6) is 0 Å². The summed E-state index contributed by atoms with van der Waals surface area (Å²) in [5, 5.41) is 8.09. The molecule has 5 rings (SSSR count). The van der Waals surface area contributed by atoms with Crippen LogP contribution in [-0.2, 0) is 13.1 Å².